The molecule has 0 fully saturated rings. The van der Waals surface area contributed by atoms with Gasteiger partial charge in [-0.05, 0) is 37.1 Å². The predicted molar refractivity (Wildman–Crippen MR) is 143 cm³/mol. The Bertz CT molecular complexity index is 501. The number of unbranched alkanes of at least 4 members (excludes halogenated alkanes) is 17. The van der Waals surface area contributed by atoms with E-state index in [0.29, 0.717) is 0 Å². The van der Waals surface area contributed by atoms with Crippen molar-refractivity contribution < 1.29 is 4.74 Å². The first-order valence-electron chi connectivity index (χ1n) is 14.3. The number of benzene rings is 1. The monoisotopic (exact) mass is 445 g/mol. The van der Waals surface area contributed by atoms with Crippen molar-refractivity contribution in [1.29, 1.82) is 0 Å². The highest BCUT2D eigenvalue weighted by atomic mass is 16.5. The Balaban J connectivity index is 1.88. The molecule has 1 aromatic rings. The lowest BCUT2D eigenvalue weighted by molar-refractivity contribution is 0.304. The molecule has 2 heteroatoms. The molecule has 0 saturated carbocycles. The minimum Gasteiger partial charge on any atom is -0.494 e. The van der Waals surface area contributed by atoms with Crippen molar-refractivity contribution in [2.75, 3.05) is 13.2 Å². The predicted octanol–water partition coefficient (Wildman–Crippen LogP) is 9.61. The van der Waals surface area contributed by atoms with Crippen molar-refractivity contribution in [2.45, 2.75) is 142 Å². The summed E-state index contributed by atoms with van der Waals surface area (Å²) in [6.07, 6.45) is 26.4. The number of hydrogen-bond donors (Lipinski definition) is 1. The molecule has 2 nitrogen and oxygen atoms in total. The molecule has 186 valence electrons. The molecule has 0 heterocycles. The molecule has 0 aliphatic rings. The van der Waals surface area contributed by atoms with E-state index >= 15 is 0 Å². The first-order chi connectivity index (χ1) is 15.9. The second-order valence-electron chi connectivity index (χ2n) is 9.68. The first kappa shape index (κ1) is 29.0. The van der Waals surface area contributed by atoms with Gasteiger partial charge in [0.15, 0.2) is 0 Å². The molecule has 1 N–H and O–H groups in total. The maximum absolute atomic E-state index is 5.93. The Morgan fingerprint density at radius 1 is 0.594 bits per heavy atom. The first-order valence-corrected chi connectivity index (χ1v) is 14.3. The van der Waals surface area contributed by atoms with Crippen molar-refractivity contribution in [1.82, 2.24) is 5.32 Å². The smallest absolute Gasteiger partial charge is 0.119 e. The molecule has 0 radical (unpaired) electrons. The molecule has 0 atom stereocenters. The molecule has 0 spiro atoms. The molecule has 0 aliphatic heterocycles. The van der Waals surface area contributed by atoms with Crippen LogP contribution in [0, 0.1) is 0 Å². The highest BCUT2D eigenvalue weighted by molar-refractivity contribution is 5.28. The van der Waals surface area contributed by atoms with Crippen LogP contribution in [0.3, 0.4) is 0 Å². The van der Waals surface area contributed by atoms with Gasteiger partial charge < -0.3 is 10.1 Å². The Morgan fingerprint density at radius 2 is 1.09 bits per heavy atom. The van der Waals surface area contributed by atoms with E-state index < -0.39 is 0 Å². The molecular weight excluding hydrogens is 390 g/mol. The van der Waals surface area contributed by atoms with Crippen LogP contribution in [0.25, 0.3) is 0 Å². The average molecular weight is 446 g/mol. The Hall–Kier alpha value is -1.02. The summed E-state index contributed by atoms with van der Waals surface area (Å²) in [5.41, 5.74) is 1.33. The zero-order valence-electron chi connectivity index (χ0n) is 21.8. The van der Waals surface area contributed by atoms with E-state index in [9.17, 15) is 0 Å². The molecular formula is C30H55NO. The second kappa shape index (κ2) is 23.1. The Morgan fingerprint density at radius 3 is 1.66 bits per heavy atom. The zero-order chi connectivity index (χ0) is 23.0. The fraction of sp³-hybridized carbons (Fsp3) is 0.800. The summed E-state index contributed by atoms with van der Waals surface area (Å²) < 4.78 is 5.93. The summed E-state index contributed by atoms with van der Waals surface area (Å²) in [6, 6.07) is 8.61. The van der Waals surface area contributed by atoms with Gasteiger partial charge in [-0.25, -0.2) is 0 Å². The number of hydrogen-bond acceptors (Lipinski definition) is 2. The largest absolute Gasteiger partial charge is 0.494 e. The third-order valence-corrected chi connectivity index (χ3v) is 6.45. The average Bonchev–Trinajstić information content (AvgIpc) is 2.81. The maximum Gasteiger partial charge on any atom is 0.119 e. The van der Waals surface area contributed by atoms with Crippen LogP contribution >= 0.6 is 0 Å². The molecule has 1 rings (SSSR count). The van der Waals surface area contributed by atoms with Crippen LogP contribution in [0.2, 0.25) is 0 Å². The molecule has 0 amide bonds. The van der Waals surface area contributed by atoms with E-state index in [4.69, 9.17) is 4.74 Å². The van der Waals surface area contributed by atoms with Gasteiger partial charge in [-0.3, -0.25) is 0 Å². The van der Waals surface area contributed by atoms with Gasteiger partial charge in [0.1, 0.15) is 5.75 Å². The molecule has 0 unspecified atom stereocenters. The van der Waals surface area contributed by atoms with Crippen LogP contribution in [0.5, 0.6) is 5.75 Å². The quantitative estimate of drug-likeness (QED) is 0.160. The van der Waals surface area contributed by atoms with Crippen molar-refractivity contribution >= 4 is 0 Å². The molecule has 0 bridgehead atoms. The van der Waals surface area contributed by atoms with Crippen molar-refractivity contribution in [3.63, 3.8) is 0 Å². The van der Waals surface area contributed by atoms with E-state index in [1.165, 1.54) is 128 Å². The van der Waals surface area contributed by atoms with Crippen LogP contribution in [0.15, 0.2) is 24.3 Å². The van der Waals surface area contributed by atoms with Gasteiger partial charge in [-0.15, -0.1) is 0 Å². The molecule has 32 heavy (non-hydrogen) atoms. The lowest BCUT2D eigenvalue weighted by Crippen LogP contribution is -2.14. The van der Waals surface area contributed by atoms with Crippen molar-refractivity contribution in [3.05, 3.63) is 29.8 Å². The highest BCUT2D eigenvalue weighted by Gasteiger charge is 1.99. The third kappa shape index (κ3) is 18.5. The van der Waals surface area contributed by atoms with Crippen molar-refractivity contribution in [3.8, 4) is 5.75 Å². The van der Waals surface area contributed by atoms with Crippen LogP contribution in [0.4, 0.5) is 0 Å². The second-order valence-corrected chi connectivity index (χ2v) is 9.68. The number of ether oxygens (including phenoxy) is 1. The molecule has 0 aliphatic carbocycles. The lowest BCUT2D eigenvalue weighted by atomic mass is 10.0. The lowest BCUT2D eigenvalue weighted by Gasteiger charge is -2.09. The van der Waals surface area contributed by atoms with Crippen LogP contribution in [0.1, 0.15) is 141 Å². The Kier molecular flexibility index (Phi) is 21.0. The topological polar surface area (TPSA) is 21.3 Å². The van der Waals surface area contributed by atoms with Gasteiger partial charge in [0.25, 0.3) is 0 Å². The maximum atomic E-state index is 5.93. The van der Waals surface area contributed by atoms with Crippen molar-refractivity contribution in [2.24, 2.45) is 0 Å². The van der Waals surface area contributed by atoms with Gasteiger partial charge in [0.05, 0.1) is 6.61 Å². The standard InChI is InChI=1S/C30H55NO/c1-3-5-7-9-10-11-12-13-14-15-16-17-18-20-25-31-28-29-23-22-24-30(27-29)32-26-21-19-8-6-4-2/h22-24,27,31H,3-21,25-26,28H2,1-2H3. The summed E-state index contributed by atoms with van der Waals surface area (Å²) in [5, 5.41) is 3.61. The molecule has 1 aromatic carbocycles. The van der Waals surface area contributed by atoms with Gasteiger partial charge >= 0.3 is 0 Å². The summed E-state index contributed by atoms with van der Waals surface area (Å²) >= 11 is 0. The summed E-state index contributed by atoms with van der Waals surface area (Å²) in [6.45, 7) is 7.48. The SMILES string of the molecule is CCCCCCCCCCCCCCCCNCc1cccc(OCCCCCCC)c1. The third-order valence-electron chi connectivity index (χ3n) is 6.45. The van der Waals surface area contributed by atoms with E-state index in [2.05, 4.69) is 43.4 Å². The fourth-order valence-corrected chi connectivity index (χ4v) is 4.32. The Labute approximate surface area is 201 Å². The van der Waals surface area contributed by atoms with Gasteiger partial charge in [-0.2, -0.15) is 0 Å². The van der Waals surface area contributed by atoms with Crippen LogP contribution < -0.4 is 10.1 Å². The minimum absolute atomic E-state index is 0.847. The van der Waals surface area contributed by atoms with Gasteiger partial charge in [0, 0.05) is 6.54 Å². The minimum atomic E-state index is 0.847. The van der Waals surface area contributed by atoms with Crippen LogP contribution in [-0.2, 0) is 6.54 Å². The number of nitrogens with one attached hydrogen (secondary N) is 1. The van der Waals surface area contributed by atoms with E-state index in [1.807, 2.05) is 0 Å². The zero-order valence-corrected chi connectivity index (χ0v) is 21.8. The van der Waals surface area contributed by atoms with E-state index in [0.717, 1.165) is 25.4 Å². The van der Waals surface area contributed by atoms with Crippen LogP contribution in [-0.4, -0.2) is 13.2 Å². The fourth-order valence-electron chi connectivity index (χ4n) is 4.32. The summed E-state index contributed by atoms with van der Waals surface area (Å²) in [7, 11) is 0. The van der Waals surface area contributed by atoms with E-state index in [-0.39, 0.29) is 0 Å². The molecule has 0 aromatic heterocycles. The summed E-state index contributed by atoms with van der Waals surface area (Å²) in [4.78, 5) is 0. The normalized spacial score (nSPS) is 11.2. The summed E-state index contributed by atoms with van der Waals surface area (Å²) in [5.74, 6) is 1.02. The van der Waals surface area contributed by atoms with E-state index in [1.54, 1.807) is 0 Å². The molecule has 0 saturated heterocycles. The van der Waals surface area contributed by atoms with Gasteiger partial charge in [-0.1, -0.05) is 135 Å². The van der Waals surface area contributed by atoms with Gasteiger partial charge in [0.2, 0.25) is 0 Å². The highest BCUT2D eigenvalue weighted by Crippen LogP contribution is 2.15. The number of rotatable bonds is 24.